The third kappa shape index (κ3) is 4.91. The van der Waals surface area contributed by atoms with E-state index in [1.54, 1.807) is 26.4 Å². The van der Waals surface area contributed by atoms with Gasteiger partial charge in [-0.05, 0) is 37.8 Å². The molecule has 5 nitrogen and oxygen atoms in total. The molecule has 1 fully saturated rings. The number of benzene rings is 1. The number of hydrogen-bond donors (Lipinski definition) is 2. The SMILES string of the molecule is COc1ccc(OC)c(NC(=O)C[NH+]2CCCCCCC2)c1. The molecule has 0 atom stereocenters. The summed E-state index contributed by atoms with van der Waals surface area (Å²) in [7, 11) is 3.21. The average Bonchev–Trinajstić information content (AvgIpc) is 2.49. The zero-order valence-electron chi connectivity index (χ0n) is 13.6. The Bertz CT molecular complexity index is 483. The number of anilines is 1. The number of hydrogen-bond acceptors (Lipinski definition) is 3. The van der Waals surface area contributed by atoms with Gasteiger partial charge in [-0.3, -0.25) is 4.79 Å². The summed E-state index contributed by atoms with van der Waals surface area (Å²) in [6, 6.07) is 5.41. The Balaban J connectivity index is 1.95. The molecule has 1 aromatic carbocycles. The molecule has 1 aromatic rings. The first kappa shape index (κ1) is 16.6. The quantitative estimate of drug-likeness (QED) is 0.866. The van der Waals surface area contributed by atoms with Gasteiger partial charge in [-0.15, -0.1) is 0 Å². The molecule has 122 valence electrons. The predicted molar refractivity (Wildman–Crippen MR) is 86.8 cm³/mol. The molecule has 0 saturated carbocycles. The molecule has 1 amide bonds. The second-order valence-corrected chi connectivity index (χ2v) is 5.81. The largest absolute Gasteiger partial charge is 0.497 e. The van der Waals surface area contributed by atoms with Crippen LogP contribution >= 0.6 is 0 Å². The summed E-state index contributed by atoms with van der Waals surface area (Å²) < 4.78 is 10.5. The molecule has 0 aliphatic carbocycles. The lowest BCUT2D eigenvalue weighted by Gasteiger charge is -2.21. The second-order valence-electron chi connectivity index (χ2n) is 5.81. The third-order valence-corrected chi connectivity index (χ3v) is 4.15. The molecular weight excluding hydrogens is 280 g/mol. The van der Waals surface area contributed by atoms with Crippen molar-refractivity contribution in [1.82, 2.24) is 0 Å². The van der Waals surface area contributed by atoms with Crippen LogP contribution in [0.15, 0.2) is 18.2 Å². The summed E-state index contributed by atoms with van der Waals surface area (Å²) in [4.78, 5) is 13.7. The van der Waals surface area contributed by atoms with Gasteiger partial charge in [0.2, 0.25) is 0 Å². The number of carbonyl (C=O) groups excluding carboxylic acids is 1. The van der Waals surface area contributed by atoms with Crippen LogP contribution in [-0.4, -0.2) is 39.8 Å². The fraction of sp³-hybridized carbons (Fsp3) is 0.588. The number of quaternary nitrogens is 1. The van der Waals surface area contributed by atoms with Gasteiger partial charge < -0.3 is 19.7 Å². The molecule has 0 radical (unpaired) electrons. The first-order valence-corrected chi connectivity index (χ1v) is 8.08. The third-order valence-electron chi connectivity index (χ3n) is 4.15. The topological polar surface area (TPSA) is 52.0 Å². The summed E-state index contributed by atoms with van der Waals surface area (Å²) in [5.41, 5.74) is 0.665. The van der Waals surface area contributed by atoms with Crippen LogP contribution < -0.4 is 19.7 Å². The maximum absolute atomic E-state index is 12.3. The second kappa shape index (κ2) is 8.63. The van der Waals surface area contributed by atoms with E-state index in [4.69, 9.17) is 9.47 Å². The lowest BCUT2D eigenvalue weighted by Crippen LogP contribution is -3.13. The number of rotatable bonds is 5. The summed E-state index contributed by atoms with van der Waals surface area (Å²) in [6.07, 6.45) is 6.33. The number of nitrogens with one attached hydrogen (secondary N) is 2. The molecule has 0 spiro atoms. The van der Waals surface area contributed by atoms with Gasteiger partial charge in [0.25, 0.3) is 5.91 Å². The van der Waals surface area contributed by atoms with Gasteiger partial charge >= 0.3 is 0 Å². The van der Waals surface area contributed by atoms with E-state index in [2.05, 4.69) is 5.32 Å². The highest BCUT2D eigenvalue weighted by Crippen LogP contribution is 2.28. The van der Waals surface area contributed by atoms with Crippen LogP contribution in [0.2, 0.25) is 0 Å². The Morgan fingerprint density at radius 2 is 1.77 bits per heavy atom. The molecule has 22 heavy (non-hydrogen) atoms. The zero-order chi connectivity index (χ0) is 15.8. The van der Waals surface area contributed by atoms with Crippen LogP contribution in [0.4, 0.5) is 5.69 Å². The highest BCUT2D eigenvalue weighted by Gasteiger charge is 2.17. The average molecular weight is 307 g/mol. The standard InChI is InChI=1S/C17H26N2O3/c1-21-14-8-9-16(22-2)15(12-14)18-17(20)13-19-10-6-4-3-5-7-11-19/h8-9,12H,3-7,10-11,13H2,1-2H3,(H,18,20)/p+1. The first-order chi connectivity index (χ1) is 10.7. The number of methoxy groups -OCH3 is 2. The van der Waals surface area contributed by atoms with Gasteiger partial charge in [-0.1, -0.05) is 6.42 Å². The molecule has 0 unspecified atom stereocenters. The van der Waals surface area contributed by atoms with Gasteiger partial charge in [0.15, 0.2) is 6.54 Å². The van der Waals surface area contributed by atoms with Gasteiger partial charge in [-0.2, -0.15) is 0 Å². The molecule has 1 saturated heterocycles. The summed E-state index contributed by atoms with van der Waals surface area (Å²) in [6.45, 7) is 2.69. The molecule has 1 aliphatic rings. The van der Waals surface area contributed by atoms with E-state index in [0.29, 0.717) is 23.7 Å². The number of ether oxygens (including phenoxy) is 2. The van der Waals surface area contributed by atoms with Crippen LogP contribution in [0.5, 0.6) is 11.5 Å². The summed E-state index contributed by atoms with van der Waals surface area (Å²) >= 11 is 0. The normalized spacial score (nSPS) is 16.5. The van der Waals surface area contributed by atoms with Gasteiger partial charge in [-0.25, -0.2) is 0 Å². The summed E-state index contributed by atoms with van der Waals surface area (Å²) in [5.74, 6) is 1.38. The fourth-order valence-corrected chi connectivity index (χ4v) is 2.92. The predicted octanol–water partition coefficient (Wildman–Crippen LogP) is 1.49. The minimum absolute atomic E-state index is 0.0297. The number of likely N-dealkylation sites (tertiary alicyclic amines) is 1. The molecule has 1 aliphatic heterocycles. The fourth-order valence-electron chi connectivity index (χ4n) is 2.92. The van der Waals surface area contributed by atoms with E-state index >= 15 is 0 Å². The van der Waals surface area contributed by atoms with E-state index in [0.717, 1.165) is 13.1 Å². The van der Waals surface area contributed by atoms with Gasteiger partial charge in [0.1, 0.15) is 11.5 Å². The smallest absolute Gasteiger partial charge is 0.279 e. The molecule has 2 rings (SSSR count). The Labute approximate surface area is 132 Å². The Kier molecular flexibility index (Phi) is 6.52. The molecule has 0 bridgehead atoms. The molecule has 1 heterocycles. The molecule has 0 aromatic heterocycles. The van der Waals surface area contributed by atoms with Crippen molar-refractivity contribution in [3.05, 3.63) is 18.2 Å². The Morgan fingerprint density at radius 3 is 2.41 bits per heavy atom. The Hall–Kier alpha value is -1.75. The van der Waals surface area contributed by atoms with E-state index in [-0.39, 0.29) is 5.91 Å². The van der Waals surface area contributed by atoms with Gasteiger partial charge in [0.05, 0.1) is 33.0 Å². The monoisotopic (exact) mass is 307 g/mol. The van der Waals surface area contributed by atoms with Crippen LogP contribution in [0.25, 0.3) is 0 Å². The van der Waals surface area contributed by atoms with E-state index < -0.39 is 0 Å². The lowest BCUT2D eigenvalue weighted by molar-refractivity contribution is -0.892. The van der Waals surface area contributed by atoms with Crippen LogP contribution in [0.3, 0.4) is 0 Å². The van der Waals surface area contributed by atoms with Crippen LogP contribution in [-0.2, 0) is 4.79 Å². The van der Waals surface area contributed by atoms with Crippen molar-refractivity contribution >= 4 is 11.6 Å². The zero-order valence-corrected chi connectivity index (χ0v) is 13.6. The van der Waals surface area contributed by atoms with Crippen molar-refractivity contribution in [3.63, 3.8) is 0 Å². The maximum Gasteiger partial charge on any atom is 0.279 e. The number of carbonyl (C=O) groups is 1. The first-order valence-electron chi connectivity index (χ1n) is 8.08. The molecule has 5 heteroatoms. The highest BCUT2D eigenvalue weighted by molar-refractivity contribution is 5.93. The van der Waals surface area contributed by atoms with Crippen LogP contribution in [0, 0.1) is 0 Å². The van der Waals surface area contributed by atoms with Crippen molar-refractivity contribution in [2.24, 2.45) is 0 Å². The highest BCUT2D eigenvalue weighted by atomic mass is 16.5. The maximum atomic E-state index is 12.3. The minimum Gasteiger partial charge on any atom is -0.497 e. The van der Waals surface area contributed by atoms with Crippen molar-refractivity contribution < 1.29 is 19.2 Å². The Morgan fingerprint density at radius 1 is 1.09 bits per heavy atom. The summed E-state index contributed by atoms with van der Waals surface area (Å²) in [5, 5.41) is 2.95. The number of amides is 1. The van der Waals surface area contributed by atoms with E-state index in [1.807, 2.05) is 6.07 Å². The van der Waals surface area contributed by atoms with Gasteiger partial charge in [0, 0.05) is 6.07 Å². The van der Waals surface area contributed by atoms with Crippen LogP contribution in [0.1, 0.15) is 32.1 Å². The lowest BCUT2D eigenvalue weighted by atomic mass is 10.1. The molecular formula is C17H27N2O3+. The minimum atomic E-state index is 0.0297. The van der Waals surface area contributed by atoms with Crippen molar-refractivity contribution in [3.8, 4) is 11.5 Å². The molecule has 2 N–H and O–H groups in total. The van der Waals surface area contributed by atoms with Crippen molar-refractivity contribution in [2.75, 3.05) is 39.2 Å². The van der Waals surface area contributed by atoms with Crippen molar-refractivity contribution in [1.29, 1.82) is 0 Å². The van der Waals surface area contributed by atoms with E-state index in [1.165, 1.54) is 37.0 Å². The van der Waals surface area contributed by atoms with E-state index in [9.17, 15) is 4.79 Å². The van der Waals surface area contributed by atoms with Crippen molar-refractivity contribution in [2.45, 2.75) is 32.1 Å².